The van der Waals surface area contributed by atoms with E-state index in [4.69, 9.17) is 0 Å². The highest BCUT2D eigenvalue weighted by molar-refractivity contribution is 7.98. The van der Waals surface area contributed by atoms with Gasteiger partial charge in [-0.1, -0.05) is 60.2 Å². The molecular weight excluding hydrogens is 332 g/mol. The van der Waals surface area contributed by atoms with Crippen LogP contribution in [0.25, 0.3) is 21.3 Å². The molecule has 0 bridgehead atoms. The topological polar surface area (TPSA) is 25.8 Å². The van der Waals surface area contributed by atoms with E-state index in [9.17, 15) is 0 Å². The largest absolute Gasteiger partial charge is 0.229 e. The van der Waals surface area contributed by atoms with Crippen LogP contribution in [0, 0.1) is 6.92 Å². The second-order valence-electron chi connectivity index (χ2n) is 5.65. The third-order valence-corrected chi connectivity index (χ3v) is 5.83. The summed E-state index contributed by atoms with van der Waals surface area (Å²) < 4.78 is 0. The Balaban J connectivity index is 1.72. The van der Waals surface area contributed by atoms with Gasteiger partial charge in [0.2, 0.25) is 0 Å². The van der Waals surface area contributed by atoms with Crippen molar-refractivity contribution in [3.8, 4) is 11.1 Å². The molecule has 24 heavy (non-hydrogen) atoms. The van der Waals surface area contributed by atoms with Crippen LogP contribution in [0.1, 0.15) is 11.1 Å². The maximum atomic E-state index is 4.56. The van der Waals surface area contributed by atoms with Gasteiger partial charge in [0.1, 0.15) is 16.2 Å². The van der Waals surface area contributed by atoms with Gasteiger partial charge < -0.3 is 0 Å². The minimum atomic E-state index is 0.915. The first kappa shape index (κ1) is 15.4. The number of hydrogen-bond acceptors (Lipinski definition) is 4. The minimum Gasteiger partial charge on any atom is -0.229 e. The smallest absolute Gasteiger partial charge is 0.128 e. The summed E-state index contributed by atoms with van der Waals surface area (Å²) in [6.45, 7) is 2.13. The van der Waals surface area contributed by atoms with Gasteiger partial charge in [0.15, 0.2) is 0 Å². The Kier molecular flexibility index (Phi) is 4.32. The van der Waals surface area contributed by atoms with Crippen molar-refractivity contribution in [2.24, 2.45) is 0 Å². The summed E-state index contributed by atoms with van der Waals surface area (Å²) >= 11 is 3.46. The molecule has 0 saturated heterocycles. The normalized spacial score (nSPS) is 11.0. The highest BCUT2D eigenvalue weighted by Crippen LogP contribution is 2.38. The number of fused-ring (bicyclic) bond motifs is 1. The number of thiophene rings is 1. The Bertz CT molecular complexity index is 977. The van der Waals surface area contributed by atoms with Crippen LogP contribution in [-0.2, 0) is 5.75 Å². The van der Waals surface area contributed by atoms with Crippen LogP contribution in [0.15, 0.2) is 71.3 Å². The number of nitrogens with zero attached hydrogens (tertiary/aromatic N) is 2. The average molecular weight is 348 g/mol. The molecule has 4 heteroatoms. The van der Waals surface area contributed by atoms with Crippen molar-refractivity contribution in [3.63, 3.8) is 0 Å². The Morgan fingerprint density at radius 1 is 1.00 bits per heavy atom. The van der Waals surface area contributed by atoms with Crippen molar-refractivity contribution in [1.82, 2.24) is 9.97 Å². The maximum absolute atomic E-state index is 4.56. The molecular formula is C20H16N2S2. The fourth-order valence-electron chi connectivity index (χ4n) is 2.74. The van der Waals surface area contributed by atoms with Gasteiger partial charge in [0, 0.05) is 16.7 Å². The number of hydrogen-bond donors (Lipinski definition) is 0. The van der Waals surface area contributed by atoms with Crippen LogP contribution in [0.5, 0.6) is 0 Å². The van der Waals surface area contributed by atoms with E-state index in [-0.39, 0.29) is 0 Å². The molecule has 0 aliphatic carbocycles. The number of thioether (sulfide) groups is 1. The molecule has 118 valence electrons. The van der Waals surface area contributed by atoms with Crippen molar-refractivity contribution >= 4 is 33.3 Å². The summed E-state index contributed by atoms with van der Waals surface area (Å²) in [6.07, 6.45) is 1.67. The van der Waals surface area contributed by atoms with Crippen molar-refractivity contribution in [2.75, 3.05) is 0 Å². The zero-order valence-electron chi connectivity index (χ0n) is 13.3. The third-order valence-electron chi connectivity index (χ3n) is 3.88. The van der Waals surface area contributed by atoms with Crippen LogP contribution >= 0.6 is 23.1 Å². The van der Waals surface area contributed by atoms with Crippen molar-refractivity contribution in [3.05, 3.63) is 77.4 Å². The first-order chi connectivity index (χ1) is 11.8. The molecule has 0 fully saturated rings. The Hall–Kier alpha value is -2.17. The highest BCUT2D eigenvalue weighted by atomic mass is 32.2. The Morgan fingerprint density at radius 3 is 2.71 bits per heavy atom. The van der Waals surface area contributed by atoms with Gasteiger partial charge in [-0.3, -0.25) is 0 Å². The zero-order chi connectivity index (χ0) is 16.4. The van der Waals surface area contributed by atoms with E-state index >= 15 is 0 Å². The van der Waals surface area contributed by atoms with E-state index in [1.165, 1.54) is 27.6 Å². The van der Waals surface area contributed by atoms with Crippen LogP contribution in [0.3, 0.4) is 0 Å². The molecule has 2 heterocycles. The molecule has 0 saturated carbocycles. The molecule has 0 aliphatic rings. The Labute approximate surface area is 149 Å². The standard InChI is InChI=1S/C20H16N2S2/c1-14-6-5-7-15(10-14)11-23-19-18-17(16-8-3-2-4-9-16)12-24-20(18)22-13-21-19/h2-10,12-13H,11H2,1H3. The van der Waals surface area contributed by atoms with Gasteiger partial charge in [-0.25, -0.2) is 9.97 Å². The van der Waals surface area contributed by atoms with Gasteiger partial charge >= 0.3 is 0 Å². The average Bonchev–Trinajstić information content (AvgIpc) is 3.05. The lowest BCUT2D eigenvalue weighted by molar-refractivity contribution is 1.11. The van der Waals surface area contributed by atoms with E-state index < -0.39 is 0 Å². The lowest BCUT2D eigenvalue weighted by atomic mass is 10.1. The summed E-state index contributed by atoms with van der Waals surface area (Å²) in [5, 5.41) is 4.42. The lowest BCUT2D eigenvalue weighted by Crippen LogP contribution is -1.88. The van der Waals surface area contributed by atoms with Crippen LogP contribution in [0.2, 0.25) is 0 Å². The summed E-state index contributed by atoms with van der Waals surface area (Å²) in [5.74, 6) is 0.915. The molecule has 0 N–H and O–H groups in total. The monoisotopic (exact) mass is 348 g/mol. The molecule has 0 unspecified atom stereocenters. The Morgan fingerprint density at radius 2 is 1.88 bits per heavy atom. The van der Waals surface area contributed by atoms with E-state index in [2.05, 4.69) is 70.8 Å². The van der Waals surface area contributed by atoms with Gasteiger partial charge in [-0.2, -0.15) is 0 Å². The summed E-state index contributed by atoms with van der Waals surface area (Å²) in [5.41, 5.74) is 5.06. The number of aryl methyl sites for hydroxylation is 1. The molecule has 0 aliphatic heterocycles. The number of aromatic nitrogens is 2. The third kappa shape index (κ3) is 3.07. The minimum absolute atomic E-state index is 0.915. The molecule has 2 nitrogen and oxygen atoms in total. The summed E-state index contributed by atoms with van der Waals surface area (Å²) in [7, 11) is 0. The second-order valence-corrected chi connectivity index (χ2v) is 7.47. The number of rotatable bonds is 4. The SMILES string of the molecule is Cc1cccc(CSc2ncnc3scc(-c4ccccc4)c23)c1. The molecule has 2 aromatic heterocycles. The quantitative estimate of drug-likeness (QED) is 0.336. The zero-order valence-corrected chi connectivity index (χ0v) is 14.9. The van der Waals surface area contributed by atoms with Gasteiger partial charge in [0.05, 0.1) is 5.39 Å². The van der Waals surface area contributed by atoms with E-state index in [0.717, 1.165) is 15.6 Å². The first-order valence-corrected chi connectivity index (χ1v) is 9.64. The molecule has 0 amide bonds. The molecule has 4 rings (SSSR count). The van der Waals surface area contributed by atoms with E-state index in [1.54, 1.807) is 29.4 Å². The van der Waals surface area contributed by atoms with Crippen LogP contribution in [-0.4, -0.2) is 9.97 Å². The maximum Gasteiger partial charge on any atom is 0.128 e. The van der Waals surface area contributed by atoms with Crippen LogP contribution < -0.4 is 0 Å². The first-order valence-electron chi connectivity index (χ1n) is 7.77. The van der Waals surface area contributed by atoms with Gasteiger partial charge in [-0.15, -0.1) is 23.1 Å². The molecule has 0 spiro atoms. The van der Waals surface area contributed by atoms with E-state index in [0.29, 0.717) is 0 Å². The summed E-state index contributed by atoms with van der Waals surface area (Å²) in [4.78, 5) is 10.1. The van der Waals surface area contributed by atoms with Crippen molar-refractivity contribution in [1.29, 1.82) is 0 Å². The fraction of sp³-hybridized carbons (Fsp3) is 0.100. The lowest BCUT2D eigenvalue weighted by Gasteiger charge is -2.06. The second kappa shape index (κ2) is 6.75. The molecule has 0 atom stereocenters. The van der Waals surface area contributed by atoms with Gasteiger partial charge in [0.25, 0.3) is 0 Å². The molecule has 2 aromatic carbocycles. The highest BCUT2D eigenvalue weighted by Gasteiger charge is 2.13. The predicted octanol–water partition coefficient (Wildman–Crippen LogP) is 5.96. The van der Waals surface area contributed by atoms with Gasteiger partial charge in [-0.05, 0) is 18.1 Å². The van der Waals surface area contributed by atoms with Crippen molar-refractivity contribution < 1.29 is 0 Å². The fourth-order valence-corrected chi connectivity index (χ4v) is 4.68. The molecule has 0 radical (unpaired) electrons. The molecule has 4 aromatic rings. The number of benzene rings is 2. The predicted molar refractivity (Wildman–Crippen MR) is 104 cm³/mol. The van der Waals surface area contributed by atoms with Crippen molar-refractivity contribution in [2.45, 2.75) is 17.7 Å². The summed E-state index contributed by atoms with van der Waals surface area (Å²) in [6, 6.07) is 19.1. The van der Waals surface area contributed by atoms with E-state index in [1.807, 2.05) is 6.07 Å². The van der Waals surface area contributed by atoms with Crippen LogP contribution in [0.4, 0.5) is 0 Å².